The second-order valence-corrected chi connectivity index (χ2v) is 6.80. The van der Waals surface area contributed by atoms with Crippen LogP contribution >= 0.6 is 24.0 Å². The molecule has 1 aliphatic carbocycles. The van der Waals surface area contributed by atoms with Gasteiger partial charge in [0.1, 0.15) is 5.75 Å². The fraction of sp³-hybridized carbons (Fsp3) is 0.632. The van der Waals surface area contributed by atoms with Crippen LogP contribution in [-0.4, -0.2) is 39.1 Å². The zero-order chi connectivity index (χ0) is 19.8. The number of hydrogen-bond acceptors (Lipinski definition) is 3. The van der Waals surface area contributed by atoms with Crippen LogP contribution in [0, 0.1) is 5.41 Å². The Balaban J connectivity index is 0.00000392. The van der Waals surface area contributed by atoms with E-state index >= 15 is 0 Å². The van der Waals surface area contributed by atoms with Gasteiger partial charge in [0.15, 0.2) is 5.96 Å². The summed E-state index contributed by atoms with van der Waals surface area (Å²) in [6.45, 7) is 4.19. The van der Waals surface area contributed by atoms with Crippen molar-refractivity contribution in [1.29, 1.82) is 0 Å². The third kappa shape index (κ3) is 8.02. The summed E-state index contributed by atoms with van der Waals surface area (Å²) in [5.74, 6) is 0.364. The van der Waals surface area contributed by atoms with E-state index in [0.717, 1.165) is 32.4 Å². The van der Waals surface area contributed by atoms with Gasteiger partial charge in [-0.2, -0.15) is 0 Å². The molecule has 0 aliphatic heterocycles. The third-order valence-corrected chi connectivity index (χ3v) is 4.83. The summed E-state index contributed by atoms with van der Waals surface area (Å²) in [7, 11) is 1.70. The van der Waals surface area contributed by atoms with E-state index in [4.69, 9.17) is 4.74 Å². The van der Waals surface area contributed by atoms with Crippen molar-refractivity contribution in [3.05, 3.63) is 29.8 Å². The van der Waals surface area contributed by atoms with Crippen LogP contribution in [0.4, 0.5) is 13.2 Å². The molecule has 0 unspecified atom stereocenters. The number of ether oxygens (including phenoxy) is 2. The Bertz CT molecular complexity index is 623. The molecule has 0 radical (unpaired) electrons. The first kappa shape index (κ1) is 24.8. The number of guanidine groups is 1. The first-order chi connectivity index (χ1) is 12.9. The predicted molar refractivity (Wildman–Crippen MR) is 114 cm³/mol. The number of aliphatic imine (C=N–C) groups is 1. The number of hydrogen-bond donors (Lipinski definition) is 2. The molecule has 0 saturated heterocycles. The van der Waals surface area contributed by atoms with Crippen LogP contribution in [0.3, 0.4) is 0 Å². The standard InChI is InChI=1S/C19H28F3N3O2.HI/c1-3-23-17(25-14-18(9-6-10-18)11-12-26-2)24-13-15-7-4-5-8-16(15)27-19(20,21)22;/h4-5,7-8H,3,6,9-14H2,1-2H3,(H2,23,24,25);1H. The Morgan fingerprint density at radius 3 is 2.50 bits per heavy atom. The Morgan fingerprint density at radius 1 is 1.21 bits per heavy atom. The van der Waals surface area contributed by atoms with Crippen LogP contribution in [0.15, 0.2) is 29.3 Å². The number of alkyl halides is 3. The van der Waals surface area contributed by atoms with Gasteiger partial charge in [0, 0.05) is 32.4 Å². The zero-order valence-electron chi connectivity index (χ0n) is 16.3. The van der Waals surface area contributed by atoms with Gasteiger partial charge in [0.05, 0.1) is 6.54 Å². The van der Waals surface area contributed by atoms with Gasteiger partial charge in [-0.1, -0.05) is 24.6 Å². The van der Waals surface area contributed by atoms with E-state index in [1.807, 2.05) is 6.92 Å². The summed E-state index contributed by atoms with van der Waals surface area (Å²) in [6, 6.07) is 6.06. The topological polar surface area (TPSA) is 54.9 Å². The van der Waals surface area contributed by atoms with Crippen molar-refractivity contribution in [2.45, 2.75) is 45.5 Å². The third-order valence-electron chi connectivity index (χ3n) is 4.83. The van der Waals surface area contributed by atoms with Crippen LogP contribution in [0.2, 0.25) is 0 Å². The van der Waals surface area contributed by atoms with Crippen LogP contribution in [0.1, 0.15) is 38.2 Å². The van der Waals surface area contributed by atoms with E-state index in [-0.39, 0.29) is 41.7 Å². The number of halogens is 4. The van der Waals surface area contributed by atoms with E-state index in [0.29, 0.717) is 18.1 Å². The lowest BCUT2D eigenvalue weighted by molar-refractivity contribution is -0.274. The van der Waals surface area contributed by atoms with E-state index < -0.39 is 6.36 Å². The van der Waals surface area contributed by atoms with Gasteiger partial charge < -0.3 is 20.1 Å². The molecule has 0 heterocycles. The molecule has 1 aromatic rings. The van der Waals surface area contributed by atoms with Crippen molar-refractivity contribution in [1.82, 2.24) is 10.6 Å². The molecule has 160 valence electrons. The molecular weight excluding hydrogens is 486 g/mol. The monoisotopic (exact) mass is 515 g/mol. The van der Waals surface area contributed by atoms with Crippen molar-refractivity contribution < 1.29 is 22.6 Å². The normalized spacial score (nSPS) is 16.0. The minimum absolute atomic E-state index is 0. The minimum atomic E-state index is -4.72. The maximum atomic E-state index is 12.5. The molecule has 0 bridgehead atoms. The summed E-state index contributed by atoms with van der Waals surface area (Å²) >= 11 is 0. The lowest BCUT2D eigenvalue weighted by Crippen LogP contribution is -2.47. The molecule has 0 atom stereocenters. The van der Waals surface area contributed by atoms with Crippen molar-refractivity contribution >= 4 is 29.9 Å². The molecule has 28 heavy (non-hydrogen) atoms. The minimum Gasteiger partial charge on any atom is -0.405 e. The molecule has 0 spiro atoms. The lowest BCUT2D eigenvalue weighted by Gasteiger charge is -2.42. The number of methoxy groups -OCH3 is 1. The number of nitrogens with one attached hydrogen (secondary N) is 2. The van der Waals surface area contributed by atoms with Gasteiger partial charge in [-0.15, -0.1) is 37.1 Å². The number of nitrogens with zero attached hydrogens (tertiary/aromatic N) is 1. The maximum Gasteiger partial charge on any atom is 0.573 e. The van der Waals surface area contributed by atoms with E-state index in [9.17, 15) is 13.2 Å². The fourth-order valence-corrected chi connectivity index (χ4v) is 3.15. The van der Waals surface area contributed by atoms with Gasteiger partial charge in [0.2, 0.25) is 0 Å². The largest absolute Gasteiger partial charge is 0.573 e. The summed E-state index contributed by atoms with van der Waals surface area (Å²) in [5, 5.41) is 6.47. The lowest BCUT2D eigenvalue weighted by atomic mass is 9.67. The quantitative estimate of drug-likeness (QED) is 0.290. The van der Waals surface area contributed by atoms with Crippen LogP contribution in [0.5, 0.6) is 5.75 Å². The number of rotatable bonds is 9. The average molecular weight is 515 g/mol. The van der Waals surface area contributed by atoms with E-state index in [2.05, 4.69) is 20.4 Å². The van der Waals surface area contributed by atoms with E-state index in [1.54, 1.807) is 19.2 Å². The van der Waals surface area contributed by atoms with Crippen LogP contribution in [-0.2, 0) is 11.3 Å². The Morgan fingerprint density at radius 2 is 1.93 bits per heavy atom. The summed E-state index contributed by atoms with van der Waals surface area (Å²) in [6.07, 6.45) is -0.240. The van der Waals surface area contributed by atoms with Crippen molar-refractivity contribution in [3.8, 4) is 5.75 Å². The van der Waals surface area contributed by atoms with Gasteiger partial charge in [-0.3, -0.25) is 0 Å². The first-order valence-electron chi connectivity index (χ1n) is 9.22. The fourth-order valence-electron chi connectivity index (χ4n) is 3.15. The highest BCUT2D eigenvalue weighted by molar-refractivity contribution is 14.0. The second kappa shape index (κ2) is 11.7. The van der Waals surface area contributed by atoms with Crippen LogP contribution < -0.4 is 15.4 Å². The second-order valence-electron chi connectivity index (χ2n) is 6.80. The molecule has 2 rings (SSSR count). The average Bonchev–Trinajstić information content (AvgIpc) is 2.58. The number of benzene rings is 1. The van der Waals surface area contributed by atoms with Gasteiger partial charge in [0.25, 0.3) is 0 Å². The molecule has 9 heteroatoms. The molecule has 1 saturated carbocycles. The Labute approximate surface area is 181 Å². The molecule has 2 N–H and O–H groups in total. The predicted octanol–water partition coefficient (Wildman–Crippen LogP) is 4.47. The van der Waals surface area contributed by atoms with E-state index in [1.165, 1.54) is 18.6 Å². The molecule has 1 aliphatic rings. The molecule has 5 nitrogen and oxygen atoms in total. The van der Waals surface area contributed by atoms with Crippen molar-refractivity contribution in [2.75, 3.05) is 26.8 Å². The molecule has 1 aromatic carbocycles. The first-order valence-corrected chi connectivity index (χ1v) is 9.22. The van der Waals surface area contributed by atoms with Gasteiger partial charge in [-0.05, 0) is 37.7 Å². The molecule has 1 fully saturated rings. The number of para-hydroxylation sites is 1. The summed E-state index contributed by atoms with van der Waals surface area (Å²) in [4.78, 5) is 4.43. The Kier molecular flexibility index (Phi) is 10.4. The molecular formula is C19H29F3IN3O2. The highest BCUT2D eigenvalue weighted by atomic mass is 127. The van der Waals surface area contributed by atoms with Crippen molar-refractivity contribution in [2.24, 2.45) is 10.4 Å². The Hall–Kier alpha value is -1.23. The SMILES string of the molecule is CCNC(=NCc1ccccc1OC(F)(F)F)NCC1(CCOC)CCC1.I. The zero-order valence-corrected chi connectivity index (χ0v) is 18.6. The maximum absolute atomic E-state index is 12.5. The van der Waals surface area contributed by atoms with Crippen LogP contribution in [0.25, 0.3) is 0 Å². The van der Waals surface area contributed by atoms with Gasteiger partial charge >= 0.3 is 6.36 Å². The molecule has 0 aromatic heterocycles. The summed E-state index contributed by atoms with van der Waals surface area (Å²) < 4.78 is 46.9. The van der Waals surface area contributed by atoms with Gasteiger partial charge in [-0.25, -0.2) is 4.99 Å². The smallest absolute Gasteiger partial charge is 0.405 e. The molecule has 0 amide bonds. The summed E-state index contributed by atoms with van der Waals surface area (Å²) in [5.41, 5.74) is 0.591. The highest BCUT2D eigenvalue weighted by Gasteiger charge is 2.36. The highest BCUT2D eigenvalue weighted by Crippen LogP contribution is 2.43. The van der Waals surface area contributed by atoms with Crippen molar-refractivity contribution in [3.63, 3.8) is 0 Å².